The first-order chi connectivity index (χ1) is 22.4. The Hall–Kier alpha value is -4.35. The summed E-state index contributed by atoms with van der Waals surface area (Å²) in [6, 6.07) is 17.8. The van der Waals surface area contributed by atoms with E-state index in [1.165, 1.54) is 10.6 Å². The van der Waals surface area contributed by atoms with Crippen molar-refractivity contribution >= 4 is 23.1 Å². The van der Waals surface area contributed by atoms with E-state index in [0.717, 1.165) is 45.1 Å². The molecule has 2 N–H and O–H groups in total. The topological polar surface area (TPSA) is 136 Å². The fraction of sp³-hybridized carbons (Fsp3) is 0.455. The Labute approximate surface area is 266 Å². The largest absolute Gasteiger partial charge is 0.486 e. The summed E-state index contributed by atoms with van der Waals surface area (Å²) in [6.07, 6.45) is -0.443. The second-order valence-electron chi connectivity index (χ2n) is 12.2. The fourth-order valence-electron chi connectivity index (χ4n) is 6.19. The normalized spacial score (nSPS) is 23.2. The Morgan fingerprint density at radius 3 is 2.50 bits per heavy atom. The van der Waals surface area contributed by atoms with E-state index < -0.39 is 23.8 Å². The second-order valence-corrected chi connectivity index (χ2v) is 12.2. The highest BCUT2D eigenvalue weighted by molar-refractivity contribution is 5.86. The molecule has 4 fully saturated rings. The lowest BCUT2D eigenvalue weighted by Crippen LogP contribution is -2.63. The highest BCUT2D eigenvalue weighted by Crippen LogP contribution is 2.30. The number of amides is 1. The van der Waals surface area contributed by atoms with Crippen molar-refractivity contribution < 1.29 is 28.5 Å². The van der Waals surface area contributed by atoms with Crippen molar-refractivity contribution in [3.05, 3.63) is 60.3 Å². The number of nitrogens with zero attached hydrogens (tertiary/aromatic N) is 6. The van der Waals surface area contributed by atoms with Crippen molar-refractivity contribution in [3.8, 4) is 23.2 Å². The van der Waals surface area contributed by atoms with Crippen molar-refractivity contribution in [2.45, 2.75) is 30.3 Å². The van der Waals surface area contributed by atoms with Crippen LogP contribution in [0.5, 0.6) is 5.75 Å². The smallest absolute Gasteiger partial charge is 0.259 e. The Morgan fingerprint density at radius 2 is 1.85 bits per heavy atom. The maximum absolute atomic E-state index is 15.1. The molecular formula is C33H36FN7O5. The molecule has 46 heavy (non-hydrogen) atoms. The number of ether oxygens (including phenoxy) is 3. The molecule has 240 valence electrons. The highest BCUT2D eigenvalue weighted by atomic mass is 19.1. The molecule has 0 radical (unpaired) electrons. The Bertz CT molecular complexity index is 1600. The zero-order chi connectivity index (χ0) is 31.7. The Morgan fingerprint density at radius 1 is 1.07 bits per heavy atom. The summed E-state index contributed by atoms with van der Waals surface area (Å²) in [6.45, 7) is 5.63. The lowest BCUT2D eigenvalue weighted by atomic mass is 9.97. The molecule has 0 bridgehead atoms. The van der Waals surface area contributed by atoms with Gasteiger partial charge in [-0.2, -0.15) is 5.26 Å². The van der Waals surface area contributed by atoms with Gasteiger partial charge in [-0.05, 0) is 48.5 Å². The number of likely N-dealkylation sites (tertiary alicyclic amines) is 1. The van der Waals surface area contributed by atoms with Gasteiger partial charge in [-0.1, -0.05) is 0 Å². The molecule has 5 heterocycles. The first kappa shape index (κ1) is 30.3. The molecule has 13 heteroatoms. The van der Waals surface area contributed by atoms with Gasteiger partial charge in [0.2, 0.25) is 0 Å². The van der Waals surface area contributed by atoms with Crippen LogP contribution in [0.3, 0.4) is 0 Å². The molecule has 0 spiro atoms. The maximum Gasteiger partial charge on any atom is 0.259 e. The predicted molar refractivity (Wildman–Crippen MR) is 167 cm³/mol. The van der Waals surface area contributed by atoms with Crippen molar-refractivity contribution in [1.82, 2.24) is 19.8 Å². The number of nitriles is 1. The number of aliphatic hydroxyl groups is 1. The van der Waals surface area contributed by atoms with Crippen LogP contribution in [0.2, 0.25) is 0 Å². The van der Waals surface area contributed by atoms with E-state index in [9.17, 15) is 15.2 Å². The van der Waals surface area contributed by atoms with Gasteiger partial charge in [0.15, 0.2) is 17.6 Å². The Balaban J connectivity index is 0.964. The predicted octanol–water partition coefficient (Wildman–Crippen LogP) is 2.36. The molecule has 0 aliphatic carbocycles. The number of carbonyl (C=O) groups is 1. The minimum atomic E-state index is -1.57. The van der Waals surface area contributed by atoms with E-state index >= 15 is 4.39 Å². The molecule has 7 rings (SSSR count). The van der Waals surface area contributed by atoms with Gasteiger partial charge in [-0.25, -0.2) is 14.4 Å². The number of alkyl halides is 1. The number of hydrogen-bond donors (Lipinski definition) is 2. The third-order valence-electron chi connectivity index (χ3n) is 9.10. The van der Waals surface area contributed by atoms with Crippen LogP contribution in [-0.2, 0) is 14.3 Å². The summed E-state index contributed by atoms with van der Waals surface area (Å²) >= 11 is 0. The van der Waals surface area contributed by atoms with Crippen LogP contribution in [0.25, 0.3) is 11.4 Å². The average molecular weight is 630 g/mol. The SMILES string of the molecule is N#Cc1cc(-c2nccc(Nc3ccc(N4CCN(C5COC5)CC4)cc3)n2)ccc1O[C@H]1CCN(C(=O)C2(O)COC2)C[C@H]1F. The number of nitrogens with one attached hydrogen (secondary N) is 1. The van der Waals surface area contributed by atoms with Crippen molar-refractivity contribution in [2.75, 3.05) is 75.9 Å². The lowest BCUT2D eigenvalue weighted by Gasteiger charge is -2.43. The van der Waals surface area contributed by atoms with Crippen LogP contribution >= 0.6 is 0 Å². The molecule has 0 unspecified atom stereocenters. The molecule has 2 aromatic carbocycles. The molecule has 4 saturated heterocycles. The summed E-state index contributed by atoms with van der Waals surface area (Å²) in [5.41, 5.74) is 1.35. The number of anilines is 3. The third-order valence-corrected chi connectivity index (χ3v) is 9.10. The number of hydrogen-bond acceptors (Lipinski definition) is 11. The number of benzene rings is 2. The van der Waals surface area contributed by atoms with Crippen LogP contribution in [0.1, 0.15) is 12.0 Å². The first-order valence-corrected chi connectivity index (χ1v) is 15.6. The van der Waals surface area contributed by atoms with E-state index in [1.807, 2.05) is 12.1 Å². The van der Waals surface area contributed by atoms with Crippen molar-refractivity contribution in [2.24, 2.45) is 0 Å². The molecular weight excluding hydrogens is 593 g/mol. The zero-order valence-corrected chi connectivity index (χ0v) is 25.3. The van der Waals surface area contributed by atoms with E-state index in [1.54, 1.807) is 30.5 Å². The van der Waals surface area contributed by atoms with Crippen LogP contribution in [-0.4, -0.2) is 120 Å². The van der Waals surface area contributed by atoms with E-state index in [-0.39, 0.29) is 44.0 Å². The average Bonchev–Trinajstić information content (AvgIpc) is 3.04. The monoisotopic (exact) mass is 629 g/mol. The number of aromatic nitrogens is 2. The summed E-state index contributed by atoms with van der Waals surface area (Å²) in [4.78, 5) is 27.8. The van der Waals surface area contributed by atoms with Crippen molar-refractivity contribution in [3.63, 3.8) is 0 Å². The van der Waals surface area contributed by atoms with Gasteiger partial charge >= 0.3 is 0 Å². The number of piperidine rings is 1. The van der Waals surface area contributed by atoms with Gasteiger partial charge in [0, 0.05) is 62.3 Å². The molecule has 3 aromatic rings. The van der Waals surface area contributed by atoms with Gasteiger partial charge in [0.1, 0.15) is 23.7 Å². The van der Waals surface area contributed by atoms with Gasteiger partial charge in [0.25, 0.3) is 5.91 Å². The molecule has 4 aliphatic rings. The summed E-state index contributed by atoms with van der Waals surface area (Å²) in [5.74, 6) is 0.748. The van der Waals surface area contributed by atoms with Gasteiger partial charge in [-0.15, -0.1) is 0 Å². The molecule has 1 aromatic heterocycles. The second kappa shape index (κ2) is 12.8. The summed E-state index contributed by atoms with van der Waals surface area (Å²) in [5, 5.41) is 23.4. The van der Waals surface area contributed by atoms with Crippen LogP contribution < -0.4 is 15.0 Å². The quantitative estimate of drug-likeness (QED) is 0.380. The molecule has 12 nitrogen and oxygen atoms in total. The van der Waals surface area contributed by atoms with E-state index in [0.29, 0.717) is 23.2 Å². The van der Waals surface area contributed by atoms with Crippen molar-refractivity contribution in [1.29, 1.82) is 5.26 Å². The third kappa shape index (κ3) is 6.21. The van der Waals surface area contributed by atoms with E-state index in [4.69, 9.17) is 14.2 Å². The van der Waals surface area contributed by atoms with Gasteiger partial charge < -0.3 is 34.4 Å². The van der Waals surface area contributed by atoms with E-state index in [2.05, 4.69) is 43.3 Å². The van der Waals surface area contributed by atoms with Crippen LogP contribution in [0.15, 0.2) is 54.7 Å². The first-order valence-electron chi connectivity index (χ1n) is 15.6. The lowest BCUT2D eigenvalue weighted by molar-refractivity contribution is -0.202. The molecule has 4 aliphatic heterocycles. The van der Waals surface area contributed by atoms with Crippen LogP contribution in [0.4, 0.5) is 21.6 Å². The number of halogens is 1. The Kier molecular flexibility index (Phi) is 8.44. The zero-order valence-electron chi connectivity index (χ0n) is 25.3. The maximum atomic E-state index is 15.1. The minimum Gasteiger partial charge on any atom is -0.486 e. The summed E-state index contributed by atoms with van der Waals surface area (Å²) in [7, 11) is 0. The number of piperazine rings is 1. The molecule has 1 amide bonds. The minimum absolute atomic E-state index is 0.0810. The van der Waals surface area contributed by atoms with Gasteiger partial charge in [-0.3, -0.25) is 9.69 Å². The standard InChI is InChI=1S/C33H36FN7O5/c34-27-17-41(32(42)33(43)20-45-21-33)10-8-29(27)46-28-6-1-22(15-23(28)16-35)31-36-9-7-30(38-31)37-24-2-4-25(5-3-24)39-11-13-40(14-12-39)26-18-44-19-26/h1-7,9,15,26-27,29,43H,8,10-14,17-21H2,(H,36,37,38)/t27-,29+/m1/s1. The fourth-order valence-corrected chi connectivity index (χ4v) is 6.19. The molecule has 2 atom stereocenters. The number of carbonyl (C=O) groups excluding carboxylic acids is 1. The van der Waals surface area contributed by atoms with Crippen LogP contribution in [0, 0.1) is 11.3 Å². The number of rotatable bonds is 8. The molecule has 0 saturated carbocycles. The van der Waals surface area contributed by atoms with Gasteiger partial charge in [0.05, 0.1) is 44.6 Å². The summed E-state index contributed by atoms with van der Waals surface area (Å²) < 4.78 is 31.3. The highest BCUT2D eigenvalue weighted by Gasteiger charge is 2.48.